The Hall–Kier alpha value is -3.46. The maximum atomic E-state index is 11.4. The van der Waals surface area contributed by atoms with Crippen LogP contribution >= 0.6 is 0 Å². The van der Waals surface area contributed by atoms with E-state index >= 15 is 0 Å². The minimum absolute atomic E-state index is 0.0270. The van der Waals surface area contributed by atoms with Crippen LogP contribution < -0.4 is 0 Å². The molecule has 0 aromatic heterocycles. The first kappa shape index (κ1) is 21.1. The molecule has 0 unspecified atom stereocenters. The summed E-state index contributed by atoms with van der Waals surface area (Å²) in [5.74, 6) is 0. The Kier molecular flexibility index (Phi) is 5.02. The molecule has 1 N–H and O–H groups in total. The van der Waals surface area contributed by atoms with Gasteiger partial charge >= 0.3 is 0 Å². The van der Waals surface area contributed by atoms with E-state index in [-0.39, 0.29) is 6.04 Å². The number of benzene rings is 5. The lowest BCUT2D eigenvalue weighted by Crippen LogP contribution is -2.51. The van der Waals surface area contributed by atoms with Crippen LogP contribution in [0.15, 0.2) is 103 Å². The molecule has 0 spiro atoms. The lowest BCUT2D eigenvalue weighted by Gasteiger charge is -2.42. The molecule has 1 aliphatic rings. The van der Waals surface area contributed by atoms with Crippen molar-refractivity contribution in [1.82, 2.24) is 0 Å². The number of rotatable bonds is 3. The average molecular weight is 445 g/mol. The summed E-state index contributed by atoms with van der Waals surface area (Å²) in [6.45, 7) is 3.94. The van der Waals surface area contributed by atoms with Gasteiger partial charge in [-0.1, -0.05) is 91.0 Å². The molecule has 3 atom stereocenters. The highest BCUT2D eigenvalue weighted by atomic mass is 16.3. The number of hydrogen-bond acceptors (Lipinski definition) is 1. The van der Waals surface area contributed by atoms with Crippen molar-refractivity contribution in [3.63, 3.8) is 0 Å². The molecule has 0 saturated carbocycles. The van der Waals surface area contributed by atoms with E-state index in [0.717, 1.165) is 23.1 Å². The summed E-state index contributed by atoms with van der Waals surface area (Å²) in [7, 11) is 2.31. The van der Waals surface area contributed by atoms with Crippen LogP contribution in [0.1, 0.15) is 29.7 Å². The number of aliphatic hydroxyl groups excluding tert-OH is 1. The van der Waals surface area contributed by atoms with Crippen LogP contribution in [0.2, 0.25) is 0 Å². The van der Waals surface area contributed by atoms with Gasteiger partial charge in [-0.25, -0.2) is 0 Å². The lowest BCUT2D eigenvalue weighted by atomic mass is 9.90. The first-order chi connectivity index (χ1) is 16.5. The maximum absolute atomic E-state index is 11.4. The van der Waals surface area contributed by atoms with Gasteiger partial charge in [0.05, 0.1) is 7.05 Å². The fraction of sp³-hybridized carbons (Fsp3) is 0.188. The Morgan fingerprint density at radius 1 is 0.676 bits per heavy atom. The fourth-order valence-corrected chi connectivity index (χ4v) is 5.81. The number of quaternary nitrogens is 1. The van der Waals surface area contributed by atoms with E-state index in [1.807, 2.05) is 30.3 Å². The van der Waals surface area contributed by atoms with Crippen LogP contribution in [0, 0.1) is 0 Å². The number of hydrogen-bond donors (Lipinski definition) is 1. The van der Waals surface area contributed by atoms with Crippen LogP contribution in [0.5, 0.6) is 0 Å². The van der Waals surface area contributed by atoms with Gasteiger partial charge in [0.2, 0.25) is 0 Å². The highest BCUT2D eigenvalue weighted by molar-refractivity contribution is 6.01. The van der Waals surface area contributed by atoms with Gasteiger partial charge in [0, 0.05) is 11.1 Å². The van der Waals surface area contributed by atoms with E-state index in [2.05, 4.69) is 86.8 Å². The summed E-state index contributed by atoms with van der Waals surface area (Å²) >= 11 is 0. The zero-order chi connectivity index (χ0) is 23.3. The number of fused-ring (bicyclic) bond motifs is 6. The minimum Gasteiger partial charge on any atom is -0.382 e. The van der Waals surface area contributed by atoms with E-state index in [1.54, 1.807) is 0 Å². The monoisotopic (exact) mass is 444 g/mol. The molecule has 0 amide bonds. The molecule has 5 aromatic carbocycles. The van der Waals surface area contributed by atoms with E-state index < -0.39 is 6.10 Å². The molecule has 6 rings (SSSR count). The summed E-state index contributed by atoms with van der Waals surface area (Å²) < 4.78 is 0.743. The first-order valence-corrected chi connectivity index (χ1v) is 12.1. The highest BCUT2D eigenvalue weighted by Gasteiger charge is 2.39. The van der Waals surface area contributed by atoms with Gasteiger partial charge in [-0.05, 0) is 57.3 Å². The highest BCUT2D eigenvalue weighted by Crippen LogP contribution is 2.43. The molecule has 2 nitrogen and oxygen atoms in total. The van der Waals surface area contributed by atoms with Crippen molar-refractivity contribution in [1.29, 1.82) is 0 Å². The van der Waals surface area contributed by atoms with Crippen molar-refractivity contribution in [3.05, 3.63) is 120 Å². The van der Waals surface area contributed by atoms with Crippen molar-refractivity contribution in [2.24, 2.45) is 0 Å². The second-order valence-electron chi connectivity index (χ2n) is 10.1. The average Bonchev–Trinajstić information content (AvgIpc) is 3.00. The predicted molar refractivity (Wildman–Crippen MR) is 141 cm³/mol. The summed E-state index contributed by atoms with van der Waals surface area (Å²) in [6, 6.07) is 36.8. The molecule has 168 valence electrons. The third kappa shape index (κ3) is 3.42. The Balaban J connectivity index is 1.58. The molecule has 0 saturated heterocycles. The van der Waals surface area contributed by atoms with Crippen LogP contribution in [0.4, 0.5) is 0 Å². The summed E-state index contributed by atoms with van der Waals surface area (Å²) in [5, 5.41) is 16.5. The van der Waals surface area contributed by atoms with Gasteiger partial charge in [-0.3, -0.25) is 0 Å². The maximum Gasteiger partial charge on any atom is 0.130 e. The van der Waals surface area contributed by atoms with E-state index in [0.29, 0.717) is 0 Å². The van der Waals surface area contributed by atoms with Crippen molar-refractivity contribution >= 4 is 21.5 Å². The molecule has 5 aromatic rings. The second-order valence-corrected chi connectivity index (χ2v) is 10.1. The zero-order valence-corrected chi connectivity index (χ0v) is 19.8. The van der Waals surface area contributed by atoms with E-state index in [9.17, 15) is 5.11 Å². The van der Waals surface area contributed by atoms with Gasteiger partial charge < -0.3 is 9.59 Å². The molecule has 34 heavy (non-hydrogen) atoms. The molecule has 1 aliphatic heterocycles. The quantitative estimate of drug-likeness (QED) is 0.291. The minimum atomic E-state index is -0.530. The number of aliphatic hydroxyl groups is 1. The van der Waals surface area contributed by atoms with Gasteiger partial charge in [0.25, 0.3) is 0 Å². The summed E-state index contributed by atoms with van der Waals surface area (Å²) in [4.78, 5) is 0. The predicted octanol–water partition coefficient (Wildman–Crippen LogP) is 7.24. The molecule has 0 radical (unpaired) electrons. The van der Waals surface area contributed by atoms with Gasteiger partial charge in [0.1, 0.15) is 25.2 Å². The van der Waals surface area contributed by atoms with Crippen molar-refractivity contribution in [2.75, 3.05) is 7.05 Å². The fourth-order valence-electron chi connectivity index (χ4n) is 5.81. The normalized spacial score (nSPS) is 19.3. The Bertz CT molecular complexity index is 1510. The smallest absolute Gasteiger partial charge is 0.130 e. The van der Waals surface area contributed by atoms with Gasteiger partial charge in [0.15, 0.2) is 0 Å². The lowest BCUT2D eigenvalue weighted by molar-refractivity contribution is -0.960. The molecular weight excluding hydrogens is 414 g/mol. The van der Waals surface area contributed by atoms with Crippen LogP contribution in [-0.4, -0.2) is 22.7 Å². The Morgan fingerprint density at radius 2 is 1.29 bits per heavy atom. The number of nitrogens with zero attached hydrogens (tertiary/aromatic N) is 1. The molecule has 0 aliphatic carbocycles. The molecule has 0 bridgehead atoms. The van der Waals surface area contributed by atoms with Crippen LogP contribution in [0.3, 0.4) is 0 Å². The third-order valence-electron chi connectivity index (χ3n) is 7.90. The van der Waals surface area contributed by atoms with Gasteiger partial charge in [-0.2, -0.15) is 0 Å². The molecular formula is C32H30NO+. The number of likely N-dealkylation sites (N-methyl/N-ethyl adjacent to an activating group) is 1. The SMILES string of the molecule is C[C@H]([C@H](O)c1ccccc1)[N@+]1(C)Cc2cc3ccccc3cc2-c2c(ccc3ccccc23)C1. The molecule has 1 heterocycles. The molecule has 2 heteroatoms. The largest absolute Gasteiger partial charge is 0.382 e. The van der Waals surface area contributed by atoms with Crippen molar-refractivity contribution < 1.29 is 9.59 Å². The Labute approximate surface area is 201 Å². The van der Waals surface area contributed by atoms with E-state index in [4.69, 9.17) is 0 Å². The molecule has 0 fully saturated rings. The zero-order valence-electron chi connectivity index (χ0n) is 19.8. The van der Waals surface area contributed by atoms with Gasteiger partial charge in [-0.15, -0.1) is 0 Å². The second kappa shape index (κ2) is 8.09. The van der Waals surface area contributed by atoms with Crippen molar-refractivity contribution in [3.8, 4) is 11.1 Å². The standard InChI is InChI=1S/C32H30NO/c1-22(32(34)24-11-4-3-5-12-24)33(2)20-27-17-16-23-10-8-9-15-29(23)31(27)30-19-26-14-7-6-13-25(26)18-28(30)21-33/h3-19,22,32,34H,20-21H2,1-2H3/q+1/t22-,32+,33+/m1/s1. The topological polar surface area (TPSA) is 20.2 Å². The van der Waals surface area contributed by atoms with E-state index in [1.165, 1.54) is 43.8 Å². The summed E-state index contributed by atoms with van der Waals surface area (Å²) in [5.41, 5.74) is 6.36. The van der Waals surface area contributed by atoms with Crippen molar-refractivity contribution in [2.45, 2.75) is 32.2 Å². The van der Waals surface area contributed by atoms with Crippen LogP contribution in [-0.2, 0) is 13.1 Å². The third-order valence-corrected chi connectivity index (χ3v) is 7.90. The van der Waals surface area contributed by atoms with Crippen LogP contribution in [0.25, 0.3) is 32.7 Å². The Morgan fingerprint density at radius 3 is 2.06 bits per heavy atom. The first-order valence-electron chi connectivity index (χ1n) is 12.1. The summed E-state index contributed by atoms with van der Waals surface area (Å²) in [6.07, 6.45) is -0.530.